The van der Waals surface area contributed by atoms with Crippen LogP contribution in [-0.2, 0) is 5.41 Å². The molecule has 144 valence electrons. The number of hydrogen-bond donors (Lipinski definition) is 1. The van der Waals surface area contributed by atoms with Crippen LogP contribution in [0.4, 0.5) is 5.69 Å². The van der Waals surface area contributed by atoms with E-state index in [1.807, 2.05) is 18.2 Å². The Labute approximate surface area is 170 Å². The third kappa shape index (κ3) is 3.09. The first-order valence-electron chi connectivity index (χ1n) is 9.71. The maximum atomic E-state index is 11.3. The Balaban J connectivity index is 1.85. The predicted octanol–water partition coefficient (Wildman–Crippen LogP) is 5.81. The second kappa shape index (κ2) is 7.17. The van der Waals surface area contributed by atoms with Gasteiger partial charge in [-0.05, 0) is 54.0 Å². The number of benzene rings is 3. The van der Waals surface area contributed by atoms with E-state index in [1.165, 1.54) is 27.7 Å². The first kappa shape index (κ1) is 18.9. The molecule has 29 heavy (non-hydrogen) atoms. The van der Waals surface area contributed by atoms with Gasteiger partial charge in [-0.2, -0.15) is 4.58 Å². The number of nitrogens with zero attached hydrogens (tertiary/aromatic N) is 1. The summed E-state index contributed by atoms with van der Waals surface area (Å²) in [5.74, 6) is -0.916. The Hall–Kier alpha value is -3.46. The first-order valence-corrected chi connectivity index (χ1v) is 9.71. The molecular formula is C26H24NO2+. The molecule has 1 atom stereocenters. The lowest BCUT2D eigenvalue weighted by molar-refractivity contribution is -0.401. The Morgan fingerprint density at radius 3 is 2.66 bits per heavy atom. The first-order chi connectivity index (χ1) is 14.0. The number of hydrogen-bond acceptors (Lipinski definition) is 1. The SMILES string of the molecule is C=CCC1(C)C(/C=C/c2cccc(C(=O)O)c2)=[N+](C)c2ccc3ccccc3c21. The van der Waals surface area contributed by atoms with Gasteiger partial charge in [0, 0.05) is 17.7 Å². The van der Waals surface area contributed by atoms with Gasteiger partial charge in [0.1, 0.15) is 7.05 Å². The minimum absolute atomic E-state index is 0.215. The highest BCUT2D eigenvalue weighted by Crippen LogP contribution is 2.46. The molecule has 0 bridgehead atoms. The summed E-state index contributed by atoms with van der Waals surface area (Å²) in [6.45, 7) is 6.27. The van der Waals surface area contributed by atoms with Gasteiger partial charge in [0.15, 0.2) is 5.71 Å². The summed E-state index contributed by atoms with van der Waals surface area (Å²) in [6, 6.07) is 19.8. The number of carboxylic acid groups (broad SMARTS) is 1. The van der Waals surface area contributed by atoms with Crippen molar-refractivity contribution in [1.82, 2.24) is 0 Å². The Morgan fingerprint density at radius 2 is 1.90 bits per heavy atom. The van der Waals surface area contributed by atoms with Crippen molar-refractivity contribution in [3.05, 3.63) is 96.1 Å². The molecule has 0 fully saturated rings. The second-order valence-corrected chi connectivity index (χ2v) is 7.71. The fourth-order valence-corrected chi connectivity index (χ4v) is 4.49. The van der Waals surface area contributed by atoms with Gasteiger partial charge in [0.25, 0.3) is 0 Å². The number of carbonyl (C=O) groups is 1. The van der Waals surface area contributed by atoms with Crippen LogP contribution in [0.2, 0.25) is 0 Å². The maximum Gasteiger partial charge on any atom is 0.335 e. The van der Waals surface area contributed by atoms with Crippen LogP contribution in [0, 0.1) is 0 Å². The number of rotatable bonds is 5. The van der Waals surface area contributed by atoms with Crippen LogP contribution in [0.3, 0.4) is 0 Å². The molecule has 1 heterocycles. The molecule has 0 aliphatic carbocycles. The zero-order valence-electron chi connectivity index (χ0n) is 16.7. The average molecular weight is 382 g/mol. The monoisotopic (exact) mass is 382 g/mol. The third-order valence-electron chi connectivity index (χ3n) is 5.87. The largest absolute Gasteiger partial charge is 0.478 e. The summed E-state index contributed by atoms with van der Waals surface area (Å²) in [5.41, 5.74) is 4.63. The molecular weight excluding hydrogens is 358 g/mol. The molecule has 0 spiro atoms. The van der Waals surface area contributed by atoms with E-state index < -0.39 is 5.97 Å². The van der Waals surface area contributed by atoms with Crippen LogP contribution < -0.4 is 0 Å². The summed E-state index contributed by atoms with van der Waals surface area (Å²) < 4.78 is 2.24. The number of carboxylic acids is 1. The van der Waals surface area contributed by atoms with Crippen molar-refractivity contribution in [3.63, 3.8) is 0 Å². The normalized spacial score (nSPS) is 18.4. The molecule has 4 rings (SSSR count). The number of allylic oxidation sites excluding steroid dienone is 2. The van der Waals surface area contributed by atoms with Crippen LogP contribution in [0.15, 0.2) is 79.4 Å². The molecule has 3 nitrogen and oxygen atoms in total. The average Bonchev–Trinajstić information content (AvgIpc) is 2.94. The van der Waals surface area contributed by atoms with E-state index in [0.717, 1.165) is 12.0 Å². The lowest BCUT2D eigenvalue weighted by Crippen LogP contribution is -2.30. The van der Waals surface area contributed by atoms with Crippen LogP contribution in [0.5, 0.6) is 0 Å². The standard InChI is InChI=1S/C26H23NO2/c1-4-16-26(2)23(15-12-18-8-7-10-20(17-18)25(28)29)27(3)22-14-13-19-9-5-6-11-21(19)24(22)26/h4-15,17H,1,16H2,2-3H3/p+1/b15-12+. The Kier molecular flexibility index (Phi) is 4.67. The van der Waals surface area contributed by atoms with Crippen molar-refractivity contribution in [3.8, 4) is 0 Å². The van der Waals surface area contributed by atoms with Crippen LogP contribution in [-0.4, -0.2) is 28.4 Å². The summed E-state index contributed by atoms with van der Waals surface area (Å²) in [5, 5.41) is 11.7. The summed E-state index contributed by atoms with van der Waals surface area (Å²) in [6.07, 6.45) is 6.89. The quantitative estimate of drug-likeness (QED) is 0.447. The second-order valence-electron chi connectivity index (χ2n) is 7.71. The minimum atomic E-state index is -0.916. The molecule has 1 N–H and O–H groups in total. The molecule has 0 aromatic heterocycles. The fourth-order valence-electron chi connectivity index (χ4n) is 4.49. The molecule has 0 saturated heterocycles. The van der Waals surface area contributed by atoms with Gasteiger partial charge in [-0.15, -0.1) is 6.58 Å². The zero-order valence-corrected chi connectivity index (χ0v) is 16.7. The van der Waals surface area contributed by atoms with Gasteiger partial charge in [-0.3, -0.25) is 0 Å². The van der Waals surface area contributed by atoms with Crippen molar-refractivity contribution >= 4 is 34.2 Å². The van der Waals surface area contributed by atoms with Gasteiger partial charge in [0.05, 0.1) is 11.0 Å². The molecule has 3 heteroatoms. The highest BCUT2D eigenvalue weighted by Gasteiger charge is 2.46. The van der Waals surface area contributed by atoms with E-state index in [9.17, 15) is 9.90 Å². The van der Waals surface area contributed by atoms with Gasteiger partial charge >= 0.3 is 5.97 Å². The predicted molar refractivity (Wildman–Crippen MR) is 119 cm³/mol. The van der Waals surface area contributed by atoms with E-state index in [1.54, 1.807) is 18.2 Å². The van der Waals surface area contributed by atoms with E-state index in [2.05, 4.69) is 67.6 Å². The summed E-state index contributed by atoms with van der Waals surface area (Å²) in [7, 11) is 2.09. The Morgan fingerprint density at radius 1 is 1.10 bits per heavy atom. The van der Waals surface area contributed by atoms with Gasteiger partial charge in [0.2, 0.25) is 5.69 Å². The minimum Gasteiger partial charge on any atom is -0.478 e. The van der Waals surface area contributed by atoms with E-state index in [4.69, 9.17) is 0 Å². The maximum absolute atomic E-state index is 11.3. The van der Waals surface area contributed by atoms with Crippen molar-refractivity contribution in [2.75, 3.05) is 7.05 Å². The summed E-state index contributed by atoms with van der Waals surface area (Å²) in [4.78, 5) is 11.3. The molecule has 1 aliphatic heterocycles. The number of fused-ring (bicyclic) bond motifs is 3. The highest BCUT2D eigenvalue weighted by atomic mass is 16.4. The van der Waals surface area contributed by atoms with Gasteiger partial charge in [-0.1, -0.05) is 42.5 Å². The van der Waals surface area contributed by atoms with Crippen LogP contribution >= 0.6 is 0 Å². The highest BCUT2D eigenvalue weighted by molar-refractivity contribution is 6.09. The van der Waals surface area contributed by atoms with E-state index >= 15 is 0 Å². The molecule has 1 unspecified atom stereocenters. The molecule has 1 aliphatic rings. The lowest BCUT2D eigenvalue weighted by atomic mass is 9.74. The fraction of sp³-hybridized carbons (Fsp3) is 0.154. The molecule has 0 amide bonds. The summed E-state index contributed by atoms with van der Waals surface area (Å²) >= 11 is 0. The Bertz CT molecular complexity index is 1200. The van der Waals surface area contributed by atoms with Crippen molar-refractivity contribution < 1.29 is 14.5 Å². The van der Waals surface area contributed by atoms with E-state index in [-0.39, 0.29) is 5.41 Å². The third-order valence-corrected chi connectivity index (χ3v) is 5.87. The van der Waals surface area contributed by atoms with Crippen LogP contribution in [0.25, 0.3) is 16.8 Å². The van der Waals surface area contributed by atoms with Crippen molar-refractivity contribution in [2.45, 2.75) is 18.8 Å². The van der Waals surface area contributed by atoms with Crippen molar-refractivity contribution in [2.24, 2.45) is 0 Å². The molecule has 3 aromatic carbocycles. The van der Waals surface area contributed by atoms with Crippen LogP contribution in [0.1, 0.15) is 34.8 Å². The topological polar surface area (TPSA) is 40.3 Å². The molecule has 0 saturated carbocycles. The van der Waals surface area contributed by atoms with Gasteiger partial charge < -0.3 is 5.11 Å². The lowest BCUT2D eigenvalue weighted by Gasteiger charge is -2.22. The number of aromatic carboxylic acids is 1. The van der Waals surface area contributed by atoms with Crippen molar-refractivity contribution in [1.29, 1.82) is 0 Å². The zero-order chi connectivity index (χ0) is 20.6. The molecule has 0 radical (unpaired) electrons. The van der Waals surface area contributed by atoms with E-state index in [0.29, 0.717) is 5.56 Å². The van der Waals surface area contributed by atoms with Gasteiger partial charge in [-0.25, -0.2) is 4.79 Å². The smallest absolute Gasteiger partial charge is 0.335 e. The molecule has 3 aromatic rings.